The summed E-state index contributed by atoms with van der Waals surface area (Å²) in [5.74, 6) is -0.113. The van der Waals surface area contributed by atoms with Gasteiger partial charge in [-0.1, -0.05) is 17.7 Å². The molecule has 0 atom stereocenters. The maximum atomic E-state index is 13.5. The Labute approximate surface area is 119 Å². The van der Waals surface area contributed by atoms with E-state index < -0.39 is 5.82 Å². The van der Waals surface area contributed by atoms with Crippen molar-refractivity contribution in [1.82, 2.24) is 20.5 Å². The van der Waals surface area contributed by atoms with Gasteiger partial charge in [0.25, 0.3) is 0 Å². The van der Waals surface area contributed by atoms with E-state index in [1.165, 1.54) is 30.6 Å². The molecule has 0 aliphatic carbocycles. The van der Waals surface area contributed by atoms with Gasteiger partial charge >= 0.3 is 0 Å². The topological polar surface area (TPSA) is 70.7 Å². The average molecular weight is 295 g/mol. The van der Waals surface area contributed by atoms with Crippen LogP contribution < -0.4 is 5.32 Å². The number of benzene rings is 1. The molecule has 7 heteroatoms. The summed E-state index contributed by atoms with van der Waals surface area (Å²) in [7, 11) is 0. The number of nitrogens with one attached hydrogen (secondary N) is 2. The van der Waals surface area contributed by atoms with Crippen LogP contribution in [0.4, 0.5) is 4.39 Å². The first-order chi connectivity index (χ1) is 9.66. The van der Waals surface area contributed by atoms with E-state index in [1.807, 2.05) is 0 Å². The molecule has 0 saturated heterocycles. The molecular formula is C13H12ClFN4O. The van der Waals surface area contributed by atoms with Gasteiger partial charge < -0.3 is 5.32 Å². The maximum Gasteiger partial charge on any atom is 0.244 e. The average Bonchev–Trinajstić information content (AvgIpc) is 2.91. The van der Waals surface area contributed by atoms with Gasteiger partial charge in [-0.3, -0.25) is 9.89 Å². The van der Waals surface area contributed by atoms with E-state index >= 15 is 0 Å². The van der Waals surface area contributed by atoms with E-state index in [2.05, 4.69) is 20.5 Å². The number of hydrogen-bond donors (Lipinski definition) is 2. The molecule has 0 aliphatic heterocycles. The molecule has 1 aromatic carbocycles. The summed E-state index contributed by atoms with van der Waals surface area (Å²) >= 11 is 5.84. The Balaban J connectivity index is 1.86. The second-order valence-corrected chi connectivity index (χ2v) is 4.35. The third-order valence-corrected chi connectivity index (χ3v) is 2.86. The third kappa shape index (κ3) is 3.89. The van der Waals surface area contributed by atoms with Crippen molar-refractivity contribution in [2.45, 2.75) is 6.42 Å². The molecule has 0 unspecified atom stereocenters. The molecular weight excluding hydrogens is 283 g/mol. The van der Waals surface area contributed by atoms with Crippen molar-refractivity contribution >= 4 is 23.6 Å². The highest BCUT2D eigenvalue weighted by atomic mass is 35.5. The number of H-pyrrole nitrogens is 1. The molecule has 0 saturated carbocycles. The Kier molecular flexibility index (Phi) is 4.84. The largest absolute Gasteiger partial charge is 0.352 e. The van der Waals surface area contributed by atoms with Crippen LogP contribution >= 0.6 is 11.6 Å². The van der Waals surface area contributed by atoms with Gasteiger partial charge in [-0.15, -0.1) is 0 Å². The number of aromatic nitrogens is 3. The van der Waals surface area contributed by atoms with Crippen molar-refractivity contribution in [3.8, 4) is 0 Å². The molecule has 0 spiro atoms. The van der Waals surface area contributed by atoms with Gasteiger partial charge in [0.2, 0.25) is 5.91 Å². The summed E-state index contributed by atoms with van der Waals surface area (Å²) < 4.78 is 13.5. The second kappa shape index (κ2) is 6.81. The van der Waals surface area contributed by atoms with Gasteiger partial charge in [-0.25, -0.2) is 9.37 Å². The van der Waals surface area contributed by atoms with E-state index in [0.717, 1.165) is 0 Å². The number of halogens is 2. The van der Waals surface area contributed by atoms with Crippen molar-refractivity contribution in [3.63, 3.8) is 0 Å². The monoisotopic (exact) mass is 294 g/mol. The van der Waals surface area contributed by atoms with Crippen LogP contribution in [-0.2, 0) is 11.2 Å². The van der Waals surface area contributed by atoms with Crippen LogP contribution in [0.2, 0.25) is 5.02 Å². The van der Waals surface area contributed by atoms with Crippen LogP contribution in [0, 0.1) is 5.82 Å². The van der Waals surface area contributed by atoms with E-state index in [-0.39, 0.29) is 16.5 Å². The van der Waals surface area contributed by atoms with E-state index in [9.17, 15) is 9.18 Å². The lowest BCUT2D eigenvalue weighted by Crippen LogP contribution is -2.23. The number of carbonyl (C=O) groups excluding carboxylic acids is 1. The highest BCUT2D eigenvalue weighted by Gasteiger charge is 2.04. The lowest BCUT2D eigenvalue weighted by Gasteiger charge is -2.01. The molecule has 0 bridgehead atoms. The van der Waals surface area contributed by atoms with Crippen molar-refractivity contribution in [2.75, 3.05) is 6.54 Å². The summed E-state index contributed by atoms with van der Waals surface area (Å²) in [5.41, 5.74) is 0.194. The van der Waals surface area contributed by atoms with Gasteiger partial charge in [0, 0.05) is 24.6 Å². The van der Waals surface area contributed by atoms with Gasteiger partial charge in [0.1, 0.15) is 18.0 Å². The van der Waals surface area contributed by atoms with Crippen LogP contribution in [0.1, 0.15) is 11.4 Å². The molecule has 20 heavy (non-hydrogen) atoms. The molecule has 0 aliphatic rings. The zero-order chi connectivity index (χ0) is 14.4. The van der Waals surface area contributed by atoms with Crippen molar-refractivity contribution < 1.29 is 9.18 Å². The molecule has 0 fully saturated rings. The molecule has 1 heterocycles. The highest BCUT2D eigenvalue weighted by molar-refractivity contribution is 6.32. The van der Waals surface area contributed by atoms with Gasteiger partial charge in [-0.2, -0.15) is 5.10 Å². The summed E-state index contributed by atoms with van der Waals surface area (Å²) in [5, 5.41) is 9.29. The van der Waals surface area contributed by atoms with Crippen LogP contribution in [0.5, 0.6) is 0 Å². The number of amides is 1. The first-order valence-corrected chi connectivity index (χ1v) is 6.29. The minimum absolute atomic E-state index is 0.194. The van der Waals surface area contributed by atoms with Crippen LogP contribution in [0.25, 0.3) is 6.08 Å². The lowest BCUT2D eigenvalue weighted by molar-refractivity contribution is -0.116. The molecule has 2 N–H and O–H groups in total. The standard InChI is InChI=1S/C13H12ClFN4O/c14-10-2-1-3-11(15)9(10)4-5-13(20)16-7-6-12-17-8-18-19-12/h1-5,8H,6-7H2,(H,16,20)(H,17,18,19). The van der Waals surface area contributed by atoms with E-state index in [0.29, 0.717) is 18.8 Å². The SMILES string of the molecule is O=C(C=Cc1c(F)cccc1Cl)NCCc1ncn[nH]1. The quantitative estimate of drug-likeness (QED) is 0.828. The summed E-state index contributed by atoms with van der Waals surface area (Å²) in [6.07, 6.45) is 4.53. The third-order valence-electron chi connectivity index (χ3n) is 2.53. The number of aromatic amines is 1. The molecule has 2 rings (SSSR count). The van der Waals surface area contributed by atoms with Crippen molar-refractivity contribution in [1.29, 1.82) is 0 Å². The smallest absolute Gasteiger partial charge is 0.244 e. The van der Waals surface area contributed by atoms with Gasteiger partial charge in [0.05, 0.1) is 5.02 Å². The zero-order valence-corrected chi connectivity index (χ0v) is 11.2. The maximum absolute atomic E-state index is 13.5. The fourth-order valence-corrected chi connectivity index (χ4v) is 1.77. The minimum atomic E-state index is -0.469. The molecule has 104 valence electrons. The molecule has 2 aromatic rings. The van der Waals surface area contributed by atoms with E-state index in [1.54, 1.807) is 6.07 Å². The summed E-state index contributed by atoms with van der Waals surface area (Å²) in [6, 6.07) is 4.35. The Bertz CT molecular complexity index is 593. The first kappa shape index (κ1) is 14.2. The normalized spacial score (nSPS) is 10.9. The summed E-state index contributed by atoms with van der Waals surface area (Å²) in [4.78, 5) is 15.5. The van der Waals surface area contributed by atoms with Gasteiger partial charge in [-0.05, 0) is 18.2 Å². The first-order valence-electron chi connectivity index (χ1n) is 5.91. The molecule has 1 aromatic heterocycles. The van der Waals surface area contributed by atoms with Gasteiger partial charge in [0.15, 0.2) is 0 Å². The zero-order valence-electron chi connectivity index (χ0n) is 10.4. The predicted molar refractivity (Wildman–Crippen MR) is 73.5 cm³/mol. The number of rotatable bonds is 5. The predicted octanol–water partition coefficient (Wildman–Crippen LogP) is 1.97. The Hall–Kier alpha value is -2.21. The van der Waals surface area contributed by atoms with E-state index in [4.69, 9.17) is 11.6 Å². The fraction of sp³-hybridized carbons (Fsp3) is 0.154. The lowest BCUT2D eigenvalue weighted by atomic mass is 10.2. The highest BCUT2D eigenvalue weighted by Crippen LogP contribution is 2.20. The van der Waals surface area contributed by atoms with Crippen LogP contribution in [0.3, 0.4) is 0 Å². The Morgan fingerprint density at radius 1 is 1.50 bits per heavy atom. The van der Waals surface area contributed by atoms with Crippen molar-refractivity contribution in [2.24, 2.45) is 0 Å². The molecule has 5 nitrogen and oxygen atoms in total. The Morgan fingerprint density at radius 3 is 3.05 bits per heavy atom. The minimum Gasteiger partial charge on any atom is -0.352 e. The summed E-state index contributed by atoms with van der Waals surface area (Å²) in [6.45, 7) is 0.406. The number of hydrogen-bond acceptors (Lipinski definition) is 3. The van der Waals surface area contributed by atoms with Crippen LogP contribution in [0.15, 0.2) is 30.6 Å². The fourth-order valence-electron chi connectivity index (χ4n) is 1.54. The molecule has 0 radical (unpaired) electrons. The Morgan fingerprint density at radius 2 is 2.35 bits per heavy atom. The molecule has 1 amide bonds. The number of nitrogens with zero attached hydrogens (tertiary/aromatic N) is 2. The van der Waals surface area contributed by atoms with Crippen LogP contribution in [-0.4, -0.2) is 27.6 Å². The van der Waals surface area contributed by atoms with Crippen molar-refractivity contribution in [3.05, 3.63) is 52.8 Å². The number of carbonyl (C=O) groups is 1. The second-order valence-electron chi connectivity index (χ2n) is 3.94.